The van der Waals surface area contributed by atoms with Gasteiger partial charge >= 0.3 is 0 Å². The molecular formula is C20H33N5O2. The Morgan fingerprint density at radius 1 is 1.19 bits per heavy atom. The van der Waals surface area contributed by atoms with Crippen molar-refractivity contribution in [1.82, 2.24) is 25.3 Å². The molecule has 1 saturated heterocycles. The van der Waals surface area contributed by atoms with Gasteiger partial charge in [0, 0.05) is 56.6 Å². The molecule has 1 aromatic rings. The highest BCUT2D eigenvalue weighted by molar-refractivity contribution is 5.94. The highest BCUT2D eigenvalue weighted by Gasteiger charge is 2.29. The molecule has 27 heavy (non-hydrogen) atoms. The summed E-state index contributed by atoms with van der Waals surface area (Å²) in [6, 6.07) is 1.14. The minimum absolute atomic E-state index is 0.0263. The Kier molecular flexibility index (Phi) is 6.10. The number of aryl methyl sites for hydroxylation is 1. The first-order valence-corrected chi connectivity index (χ1v) is 10.6. The summed E-state index contributed by atoms with van der Waals surface area (Å²) in [5, 5.41) is 11.5. The summed E-state index contributed by atoms with van der Waals surface area (Å²) < 4.78 is 7.29. The van der Waals surface area contributed by atoms with Crippen LogP contribution in [-0.2, 0) is 24.6 Å². The maximum Gasteiger partial charge on any atom is 0.272 e. The molecule has 1 atom stereocenters. The molecule has 7 heteroatoms. The number of hydrogen-bond acceptors (Lipinski definition) is 5. The Morgan fingerprint density at radius 3 is 2.74 bits per heavy atom. The third kappa shape index (κ3) is 4.52. The second kappa shape index (κ2) is 8.71. The minimum Gasteiger partial charge on any atom is -0.379 e. The van der Waals surface area contributed by atoms with Crippen LogP contribution in [0.1, 0.15) is 53.8 Å². The predicted molar refractivity (Wildman–Crippen MR) is 104 cm³/mol. The lowest BCUT2D eigenvalue weighted by molar-refractivity contribution is 0.0383. The van der Waals surface area contributed by atoms with Gasteiger partial charge < -0.3 is 15.4 Å². The summed E-state index contributed by atoms with van der Waals surface area (Å²) >= 11 is 0. The van der Waals surface area contributed by atoms with E-state index in [9.17, 15) is 4.79 Å². The van der Waals surface area contributed by atoms with Crippen LogP contribution in [0.15, 0.2) is 0 Å². The number of nitrogens with one attached hydrogen (secondary N) is 2. The van der Waals surface area contributed by atoms with Crippen molar-refractivity contribution in [3.05, 3.63) is 17.0 Å². The second-order valence-electron chi connectivity index (χ2n) is 8.20. The van der Waals surface area contributed by atoms with Crippen molar-refractivity contribution in [1.29, 1.82) is 0 Å². The SMILES string of the molecule is Cn1nc(C(=O)NCCN2CCOCC2)c2c1CC[C@H](NC1CCCC1)C2. The topological polar surface area (TPSA) is 71.4 Å². The van der Waals surface area contributed by atoms with Crippen LogP contribution in [0, 0.1) is 0 Å². The summed E-state index contributed by atoms with van der Waals surface area (Å²) in [7, 11) is 1.97. The van der Waals surface area contributed by atoms with Gasteiger partial charge in [0.05, 0.1) is 13.2 Å². The summed E-state index contributed by atoms with van der Waals surface area (Å²) in [4.78, 5) is 15.1. The third-order valence-electron chi connectivity index (χ3n) is 6.31. The fourth-order valence-corrected chi connectivity index (χ4v) is 4.78. The number of aromatic nitrogens is 2. The first kappa shape index (κ1) is 18.9. The quantitative estimate of drug-likeness (QED) is 0.772. The van der Waals surface area contributed by atoms with Crippen molar-refractivity contribution in [3.63, 3.8) is 0 Å². The molecule has 1 amide bonds. The standard InChI is InChI=1S/C20H33N5O2/c1-24-18-7-6-16(22-15-4-2-3-5-15)14-17(18)19(23-24)20(26)21-8-9-25-10-12-27-13-11-25/h15-16,22H,2-14H2,1H3,(H,21,26)/t16-/m0/s1. The molecule has 2 fully saturated rings. The molecule has 150 valence electrons. The van der Waals surface area contributed by atoms with Crippen LogP contribution >= 0.6 is 0 Å². The van der Waals surface area contributed by atoms with Crippen molar-refractivity contribution >= 4 is 5.91 Å². The second-order valence-corrected chi connectivity index (χ2v) is 8.20. The van der Waals surface area contributed by atoms with Crippen LogP contribution in [-0.4, -0.2) is 72.1 Å². The highest BCUT2D eigenvalue weighted by atomic mass is 16.5. The average Bonchev–Trinajstić information content (AvgIpc) is 3.30. The summed E-state index contributed by atoms with van der Waals surface area (Å²) in [6.45, 7) is 5.00. The normalized spacial score (nSPS) is 24.1. The van der Waals surface area contributed by atoms with E-state index in [2.05, 4.69) is 20.6 Å². The number of carbonyl (C=O) groups excluding carboxylic acids is 1. The van der Waals surface area contributed by atoms with Crippen LogP contribution in [0.2, 0.25) is 0 Å². The number of fused-ring (bicyclic) bond motifs is 1. The zero-order valence-corrected chi connectivity index (χ0v) is 16.5. The monoisotopic (exact) mass is 375 g/mol. The first-order chi connectivity index (χ1) is 13.2. The Labute approximate surface area is 161 Å². The van der Waals surface area contributed by atoms with Crippen molar-refractivity contribution < 1.29 is 9.53 Å². The van der Waals surface area contributed by atoms with Crippen LogP contribution in [0.25, 0.3) is 0 Å². The van der Waals surface area contributed by atoms with Crippen LogP contribution in [0.4, 0.5) is 0 Å². The van der Waals surface area contributed by atoms with Crippen LogP contribution in [0.5, 0.6) is 0 Å². The molecule has 3 aliphatic rings. The van der Waals surface area contributed by atoms with Crippen molar-refractivity contribution in [2.75, 3.05) is 39.4 Å². The largest absolute Gasteiger partial charge is 0.379 e. The number of rotatable bonds is 6. The summed E-state index contributed by atoms with van der Waals surface area (Å²) in [5.41, 5.74) is 3.02. The maximum absolute atomic E-state index is 12.8. The Hall–Kier alpha value is -1.44. The van der Waals surface area contributed by atoms with E-state index in [0.717, 1.165) is 57.7 Å². The van der Waals surface area contributed by atoms with E-state index in [0.29, 0.717) is 24.3 Å². The van der Waals surface area contributed by atoms with E-state index in [1.807, 2.05) is 11.7 Å². The Balaban J connectivity index is 1.34. The number of hydrogen-bond donors (Lipinski definition) is 2. The van der Waals surface area contributed by atoms with Crippen LogP contribution in [0.3, 0.4) is 0 Å². The molecule has 1 saturated carbocycles. The molecule has 2 heterocycles. The summed E-state index contributed by atoms with van der Waals surface area (Å²) in [5.74, 6) is -0.0263. The van der Waals surface area contributed by atoms with Gasteiger partial charge in [0.15, 0.2) is 5.69 Å². The fourth-order valence-electron chi connectivity index (χ4n) is 4.78. The zero-order chi connectivity index (χ0) is 18.6. The molecule has 0 bridgehead atoms. The van der Waals surface area contributed by atoms with Crippen LogP contribution < -0.4 is 10.6 Å². The van der Waals surface area contributed by atoms with Gasteiger partial charge in [-0.3, -0.25) is 14.4 Å². The van der Waals surface area contributed by atoms with Gasteiger partial charge in [-0.25, -0.2) is 0 Å². The van der Waals surface area contributed by atoms with Gasteiger partial charge in [-0.1, -0.05) is 12.8 Å². The molecule has 7 nitrogen and oxygen atoms in total. The molecule has 1 aliphatic heterocycles. The van der Waals surface area contributed by atoms with Gasteiger partial charge in [0.25, 0.3) is 5.91 Å². The molecule has 0 unspecified atom stereocenters. The van der Waals surface area contributed by atoms with E-state index in [1.165, 1.54) is 31.4 Å². The van der Waals surface area contributed by atoms with Crippen molar-refractivity contribution in [2.24, 2.45) is 7.05 Å². The van der Waals surface area contributed by atoms with E-state index in [1.54, 1.807) is 0 Å². The van der Waals surface area contributed by atoms with E-state index in [4.69, 9.17) is 4.74 Å². The van der Waals surface area contributed by atoms with Crippen molar-refractivity contribution in [2.45, 2.75) is 57.0 Å². The number of carbonyl (C=O) groups is 1. The molecule has 1 aromatic heterocycles. The lowest BCUT2D eigenvalue weighted by Gasteiger charge is -2.27. The molecule has 4 rings (SSSR count). The fraction of sp³-hybridized carbons (Fsp3) is 0.800. The van der Waals surface area contributed by atoms with E-state index < -0.39 is 0 Å². The van der Waals surface area contributed by atoms with Crippen molar-refractivity contribution in [3.8, 4) is 0 Å². The number of amides is 1. The first-order valence-electron chi connectivity index (χ1n) is 10.6. The number of nitrogens with zero attached hydrogens (tertiary/aromatic N) is 3. The lowest BCUT2D eigenvalue weighted by Crippen LogP contribution is -2.42. The van der Waals surface area contributed by atoms with Gasteiger partial charge in [0.2, 0.25) is 0 Å². The average molecular weight is 376 g/mol. The van der Waals surface area contributed by atoms with Gasteiger partial charge in [0.1, 0.15) is 0 Å². The maximum atomic E-state index is 12.8. The minimum atomic E-state index is -0.0263. The smallest absolute Gasteiger partial charge is 0.272 e. The lowest BCUT2D eigenvalue weighted by atomic mass is 9.90. The number of ether oxygens (including phenoxy) is 1. The van der Waals surface area contributed by atoms with Gasteiger partial charge in [-0.05, 0) is 32.1 Å². The molecule has 0 spiro atoms. The Morgan fingerprint density at radius 2 is 1.96 bits per heavy atom. The highest BCUT2D eigenvalue weighted by Crippen LogP contribution is 2.26. The molecule has 0 radical (unpaired) electrons. The summed E-state index contributed by atoms with van der Waals surface area (Å²) in [6.07, 6.45) is 8.35. The van der Waals surface area contributed by atoms with Gasteiger partial charge in [-0.15, -0.1) is 0 Å². The molecule has 2 aliphatic carbocycles. The van der Waals surface area contributed by atoms with Gasteiger partial charge in [-0.2, -0.15) is 5.10 Å². The molecule has 0 aromatic carbocycles. The third-order valence-corrected chi connectivity index (χ3v) is 6.31. The molecule has 2 N–H and O–H groups in total. The Bertz CT molecular complexity index is 647. The van der Waals surface area contributed by atoms with E-state index in [-0.39, 0.29) is 5.91 Å². The predicted octanol–water partition coefficient (Wildman–Crippen LogP) is 0.872. The molecular weight excluding hydrogens is 342 g/mol. The number of morpholine rings is 1. The van der Waals surface area contributed by atoms with E-state index >= 15 is 0 Å². The zero-order valence-electron chi connectivity index (χ0n) is 16.5.